The number of hydrogen-bond donors (Lipinski definition) is 0. The maximum Gasteiger partial charge on any atom is 0.248 e. The number of benzene rings is 3. The molecule has 1 saturated heterocycles. The molecule has 1 fully saturated rings. The third-order valence-corrected chi connectivity index (χ3v) is 5.80. The number of carbonyl (C=O) groups is 1. The largest absolute Gasteiger partial charge is 0.301 e. The quantitative estimate of drug-likeness (QED) is 0.447. The van der Waals surface area contributed by atoms with Gasteiger partial charge in [-0.15, -0.1) is 11.6 Å². The third-order valence-electron chi connectivity index (χ3n) is 4.27. The van der Waals surface area contributed by atoms with Gasteiger partial charge in [-0.25, -0.2) is 0 Å². The monoisotopic (exact) mass is 365 g/mol. The minimum absolute atomic E-state index is 0.0441. The molecule has 124 valence electrons. The lowest BCUT2D eigenvalue weighted by molar-refractivity contribution is -0.123. The molecule has 4 rings (SSSR count). The second kappa shape index (κ2) is 6.95. The first-order valence-corrected chi connectivity index (χ1v) is 9.35. The van der Waals surface area contributed by atoms with Crippen LogP contribution in [0, 0.1) is 0 Å². The highest BCUT2D eigenvalue weighted by Gasteiger charge is 2.48. The molecule has 3 aromatic carbocycles. The van der Waals surface area contributed by atoms with Crippen molar-refractivity contribution in [2.45, 2.75) is 21.2 Å². The topological polar surface area (TPSA) is 20.3 Å². The van der Waals surface area contributed by atoms with Crippen molar-refractivity contribution >= 4 is 35.0 Å². The van der Waals surface area contributed by atoms with Crippen molar-refractivity contribution in [1.29, 1.82) is 0 Å². The van der Waals surface area contributed by atoms with Crippen LogP contribution in [0.15, 0.2) is 94.7 Å². The lowest BCUT2D eigenvalue weighted by Gasteiger charge is -2.45. The Morgan fingerprint density at radius 1 is 0.800 bits per heavy atom. The minimum Gasteiger partial charge on any atom is -0.301 e. The zero-order valence-corrected chi connectivity index (χ0v) is 15.0. The molecule has 2 nitrogen and oxygen atoms in total. The number of halogens is 1. The van der Waals surface area contributed by atoms with E-state index in [0.29, 0.717) is 0 Å². The minimum atomic E-state index is -0.530. The zero-order valence-electron chi connectivity index (χ0n) is 13.4. The van der Waals surface area contributed by atoms with Crippen LogP contribution in [0.25, 0.3) is 0 Å². The maximum atomic E-state index is 12.4. The number of carbonyl (C=O) groups excluding carboxylic acids is 1. The number of rotatable bonds is 4. The molecule has 1 heterocycles. The van der Waals surface area contributed by atoms with E-state index < -0.39 is 5.38 Å². The van der Waals surface area contributed by atoms with Gasteiger partial charge < -0.3 is 4.90 Å². The van der Waals surface area contributed by atoms with Crippen molar-refractivity contribution in [2.24, 2.45) is 0 Å². The Morgan fingerprint density at radius 2 is 1.40 bits per heavy atom. The second-order valence-corrected chi connectivity index (χ2v) is 7.43. The number of hydrogen-bond acceptors (Lipinski definition) is 2. The van der Waals surface area contributed by atoms with E-state index in [4.69, 9.17) is 11.6 Å². The van der Waals surface area contributed by atoms with Gasteiger partial charge in [-0.1, -0.05) is 66.4 Å². The highest BCUT2D eigenvalue weighted by atomic mass is 35.5. The number of para-hydroxylation sites is 1. The smallest absolute Gasteiger partial charge is 0.248 e. The summed E-state index contributed by atoms with van der Waals surface area (Å²) < 4.78 is 0. The Labute approximate surface area is 156 Å². The molecule has 3 aromatic rings. The van der Waals surface area contributed by atoms with E-state index in [1.807, 2.05) is 60.7 Å². The van der Waals surface area contributed by atoms with Crippen LogP contribution < -0.4 is 4.90 Å². The Balaban J connectivity index is 1.70. The first-order chi connectivity index (χ1) is 12.3. The summed E-state index contributed by atoms with van der Waals surface area (Å²) in [5.41, 5.74) is 1.97. The Bertz CT molecular complexity index is 885. The average molecular weight is 366 g/mol. The lowest BCUT2D eigenvalue weighted by atomic mass is 9.92. The Hall–Kier alpha value is -2.23. The summed E-state index contributed by atoms with van der Waals surface area (Å²) in [5.74, 6) is -0.0441. The third kappa shape index (κ3) is 3.06. The van der Waals surface area contributed by atoms with E-state index in [2.05, 4.69) is 24.3 Å². The van der Waals surface area contributed by atoms with Crippen LogP contribution in [0.5, 0.6) is 0 Å². The fourth-order valence-electron chi connectivity index (χ4n) is 3.06. The normalized spacial score (nSPS) is 19.6. The molecule has 25 heavy (non-hydrogen) atoms. The molecule has 1 amide bonds. The molecule has 0 radical (unpaired) electrons. The van der Waals surface area contributed by atoms with Gasteiger partial charge in [0.25, 0.3) is 0 Å². The van der Waals surface area contributed by atoms with E-state index in [0.717, 1.165) is 21.0 Å². The van der Waals surface area contributed by atoms with Crippen molar-refractivity contribution < 1.29 is 4.79 Å². The number of nitrogens with zero attached hydrogens (tertiary/aromatic N) is 1. The fraction of sp³-hybridized carbons (Fsp3) is 0.0952. The van der Waals surface area contributed by atoms with Gasteiger partial charge in [-0.3, -0.25) is 4.79 Å². The van der Waals surface area contributed by atoms with E-state index in [1.54, 1.807) is 16.7 Å². The molecule has 0 N–H and O–H groups in total. The van der Waals surface area contributed by atoms with Crippen LogP contribution in [0.3, 0.4) is 0 Å². The molecule has 0 saturated carbocycles. The van der Waals surface area contributed by atoms with Gasteiger partial charge in [-0.2, -0.15) is 0 Å². The summed E-state index contributed by atoms with van der Waals surface area (Å²) in [6, 6.07) is 28.0. The van der Waals surface area contributed by atoms with Gasteiger partial charge in [0.1, 0.15) is 5.38 Å². The molecule has 1 aliphatic rings. The van der Waals surface area contributed by atoms with E-state index in [-0.39, 0.29) is 11.9 Å². The maximum absolute atomic E-state index is 12.4. The standard InChI is InChI=1S/C21H16ClNOS/c22-19-20(23(21(19)24)15-9-3-1-4-10-15)17-13-7-8-14-18(17)25-16-11-5-2-6-12-16/h1-14,19-20H/t19-,20-/m0/s1. The van der Waals surface area contributed by atoms with E-state index >= 15 is 0 Å². The molecule has 0 unspecified atom stereocenters. The molecule has 1 aliphatic heterocycles. The lowest BCUT2D eigenvalue weighted by Crippen LogP contribution is -2.56. The average Bonchev–Trinajstić information content (AvgIpc) is 2.67. The zero-order chi connectivity index (χ0) is 17.2. The summed E-state index contributed by atoms with van der Waals surface area (Å²) in [7, 11) is 0. The first-order valence-electron chi connectivity index (χ1n) is 8.10. The summed E-state index contributed by atoms with van der Waals surface area (Å²) >= 11 is 8.11. The fourth-order valence-corrected chi connectivity index (χ4v) is 4.41. The molecule has 0 aromatic heterocycles. The SMILES string of the molecule is O=C1[C@@H](Cl)[C@H](c2ccccc2Sc2ccccc2)N1c1ccccc1. The summed E-state index contributed by atoms with van der Waals surface area (Å²) in [6.07, 6.45) is 0. The molecular formula is C21H16ClNOS. The van der Waals surface area contributed by atoms with E-state index in [1.165, 1.54) is 0 Å². The highest BCUT2D eigenvalue weighted by Crippen LogP contribution is 2.45. The molecule has 0 aliphatic carbocycles. The van der Waals surface area contributed by atoms with Crippen LogP contribution in [-0.4, -0.2) is 11.3 Å². The number of alkyl halides is 1. The number of anilines is 1. The predicted octanol–water partition coefficient (Wildman–Crippen LogP) is 5.53. The number of amides is 1. The molecule has 0 spiro atoms. The van der Waals surface area contributed by atoms with Crippen molar-refractivity contribution in [3.8, 4) is 0 Å². The van der Waals surface area contributed by atoms with Gasteiger partial charge >= 0.3 is 0 Å². The van der Waals surface area contributed by atoms with Crippen molar-refractivity contribution in [1.82, 2.24) is 0 Å². The summed E-state index contributed by atoms with van der Waals surface area (Å²) in [4.78, 5) is 16.5. The van der Waals surface area contributed by atoms with Crippen LogP contribution in [0.1, 0.15) is 11.6 Å². The first kappa shape index (κ1) is 16.2. The Kier molecular flexibility index (Phi) is 4.51. The van der Waals surface area contributed by atoms with Crippen molar-refractivity contribution in [3.05, 3.63) is 90.5 Å². The van der Waals surface area contributed by atoms with Gasteiger partial charge in [0.05, 0.1) is 6.04 Å². The molecule has 0 bridgehead atoms. The highest BCUT2D eigenvalue weighted by molar-refractivity contribution is 7.99. The van der Waals surface area contributed by atoms with Crippen LogP contribution >= 0.6 is 23.4 Å². The van der Waals surface area contributed by atoms with Crippen LogP contribution in [0.4, 0.5) is 5.69 Å². The van der Waals surface area contributed by atoms with Gasteiger partial charge in [0.15, 0.2) is 0 Å². The van der Waals surface area contributed by atoms with Crippen LogP contribution in [-0.2, 0) is 4.79 Å². The van der Waals surface area contributed by atoms with Gasteiger partial charge in [0.2, 0.25) is 5.91 Å². The van der Waals surface area contributed by atoms with Gasteiger partial charge in [0, 0.05) is 15.5 Å². The predicted molar refractivity (Wildman–Crippen MR) is 103 cm³/mol. The number of β-lactam (4-membered cyclic amide) rings is 1. The Morgan fingerprint density at radius 3 is 2.12 bits per heavy atom. The second-order valence-electron chi connectivity index (χ2n) is 5.84. The van der Waals surface area contributed by atoms with Crippen molar-refractivity contribution in [2.75, 3.05) is 4.90 Å². The molecular weight excluding hydrogens is 350 g/mol. The molecule has 2 atom stereocenters. The van der Waals surface area contributed by atoms with Crippen LogP contribution in [0.2, 0.25) is 0 Å². The van der Waals surface area contributed by atoms with Crippen molar-refractivity contribution in [3.63, 3.8) is 0 Å². The van der Waals surface area contributed by atoms with E-state index in [9.17, 15) is 4.79 Å². The molecule has 4 heteroatoms. The van der Waals surface area contributed by atoms with Gasteiger partial charge in [-0.05, 0) is 35.9 Å². The summed E-state index contributed by atoms with van der Waals surface area (Å²) in [6.45, 7) is 0. The summed E-state index contributed by atoms with van der Waals surface area (Å²) in [5, 5.41) is -0.530.